The lowest BCUT2D eigenvalue weighted by Gasteiger charge is -2.17. The van der Waals surface area contributed by atoms with E-state index in [1.54, 1.807) is 22.8 Å². The van der Waals surface area contributed by atoms with Gasteiger partial charge in [-0.15, -0.1) is 0 Å². The van der Waals surface area contributed by atoms with E-state index in [2.05, 4.69) is 42.5 Å². The monoisotopic (exact) mass is 300 g/mol. The van der Waals surface area contributed by atoms with E-state index in [1.807, 2.05) is 13.2 Å². The third-order valence-electron chi connectivity index (χ3n) is 3.69. The van der Waals surface area contributed by atoms with Crippen LogP contribution in [0.15, 0.2) is 30.6 Å². The van der Waals surface area contributed by atoms with Gasteiger partial charge in [-0.05, 0) is 31.4 Å². The highest BCUT2D eigenvalue weighted by Crippen LogP contribution is 2.10. The summed E-state index contributed by atoms with van der Waals surface area (Å²) in [5, 5.41) is 7.07. The topological polar surface area (TPSA) is 50.2 Å². The number of aryl methyl sites for hydroxylation is 3. The van der Waals surface area contributed by atoms with Gasteiger partial charge in [0.2, 0.25) is 0 Å². The molecule has 22 heavy (non-hydrogen) atoms. The molecule has 0 aliphatic rings. The first-order chi connectivity index (χ1) is 10.5. The molecule has 0 bridgehead atoms. The number of nitrogens with zero attached hydrogens (tertiary/aromatic N) is 3. The highest BCUT2D eigenvalue weighted by Gasteiger charge is 2.09. The third-order valence-corrected chi connectivity index (χ3v) is 3.69. The summed E-state index contributed by atoms with van der Waals surface area (Å²) in [6.45, 7) is 5.40. The minimum Gasteiger partial charge on any atom is -0.338 e. The second kappa shape index (κ2) is 7.11. The molecule has 1 aromatic heterocycles. The summed E-state index contributed by atoms with van der Waals surface area (Å²) < 4.78 is 1.74. The molecule has 1 N–H and O–H groups in total. The summed E-state index contributed by atoms with van der Waals surface area (Å²) in [7, 11) is 3.66. The molecular weight excluding hydrogens is 276 g/mol. The first-order valence-electron chi connectivity index (χ1n) is 7.48. The van der Waals surface area contributed by atoms with E-state index in [1.165, 1.54) is 16.7 Å². The Hall–Kier alpha value is -2.30. The van der Waals surface area contributed by atoms with Gasteiger partial charge < -0.3 is 10.2 Å². The maximum Gasteiger partial charge on any atom is 0.317 e. The molecule has 2 rings (SSSR count). The van der Waals surface area contributed by atoms with Gasteiger partial charge in [0.25, 0.3) is 0 Å². The van der Waals surface area contributed by atoms with Gasteiger partial charge in [-0.1, -0.05) is 23.8 Å². The minimum atomic E-state index is -0.0615. The van der Waals surface area contributed by atoms with Crippen molar-refractivity contribution >= 4 is 6.03 Å². The molecule has 0 unspecified atom stereocenters. The molecule has 1 heterocycles. The fourth-order valence-electron chi connectivity index (χ4n) is 2.46. The molecule has 1 aromatic carbocycles. The van der Waals surface area contributed by atoms with Crippen LogP contribution in [0.3, 0.4) is 0 Å². The minimum absolute atomic E-state index is 0.0615. The maximum atomic E-state index is 12.1. The van der Waals surface area contributed by atoms with Gasteiger partial charge in [0.05, 0.1) is 12.7 Å². The number of amides is 2. The molecule has 0 atom stereocenters. The summed E-state index contributed by atoms with van der Waals surface area (Å²) in [5.74, 6) is 0. The van der Waals surface area contributed by atoms with Crippen LogP contribution in [-0.4, -0.2) is 34.3 Å². The lowest BCUT2D eigenvalue weighted by atomic mass is 10.0. The van der Waals surface area contributed by atoms with Crippen LogP contribution in [0.1, 0.15) is 22.3 Å². The number of aromatic nitrogens is 2. The zero-order valence-electron chi connectivity index (χ0n) is 13.8. The van der Waals surface area contributed by atoms with Crippen molar-refractivity contribution < 1.29 is 4.79 Å². The van der Waals surface area contributed by atoms with Crippen molar-refractivity contribution in [3.05, 3.63) is 52.8 Å². The Morgan fingerprint density at radius 3 is 2.77 bits per heavy atom. The highest BCUT2D eigenvalue weighted by molar-refractivity contribution is 5.73. The van der Waals surface area contributed by atoms with E-state index in [4.69, 9.17) is 0 Å². The molecule has 5 heteroatoms. The molecule has 2 aromatic rings. The van der Waals surface area contributed by atoms with Crippen molar-refractivity contribution in [3.63, 3.8) is 0 Å². The van der Waals surface area contributed by atoms with Crippen LogP contribution >= 0.6 is 0 Å². The largest absolute Gasteiger partial charge is 0.338 e. The molecule has 118 valence electrons. The summed E-state index contributed by atoms with van der Waals surface area (Å²) in [6.07, 6.45) is 4.54. The third kappa shape index (κ3) is 4.35. The van der Waals surface area contributed by atoms with Crippen LogP contribution in [-0.2, 0) is 20.0 Å². The van der Waals surface area contributed by atoms with Gasteiger partial charge in [-0.25, -0.2) is 4.79 Å². The molecule has 0 spiro atoms. The van der Waals surface area contributed by atoms with Crippen LogP contribution in [0.25, 0.3) is 0 Å². The van der Waals surface area contributed by atoms with Gasteiger partial charge in [0.1, 0.15) is 0 Å². The molecule has 0 radical (unpaired) electrons. The Morgan fingerprint density at radius 1 is 1.36 bits per heavy atom. The quantitative estimate of drug-likeness (QED) is 0.922. The second-order valence-corrected chi connectivity index (χ2v) is 5.79. The molecule has 0 aliphatic heterocycles. The smallest absolute Gasteiger partial charge is 0.317 e. The molecule has 2 amide bonds. The Kier molecular flexibility index (Phi) is 5.20. The normalized spacial score (nSPS) is 10.5. The number of hydrogen-bond donors (Lipinski definition) is 1. The van der Waals surface area contributed by atoms with Gasteiger partial charge in [0.15, 0.2) is 0 Å². The van der Waals surface area contributed by atoms with Crippen molar-refractivity contribution in [1.29, 1.82) is 0 Å². The van der Waals surface area contributed by atoms with Crippen LogP contribution < -0.4 is 5.32 Å². The van der Waals surface area contributed by atoms with E-state index < -0.39 is 0 Å². The van der Waals surface area contributed by atoms with Crippen molar-refractivity contribution in [3.8, 4) is 0 Å². The highest BCUT2D eigenvalue weighted by atomic mass is 16.2. The Morgan fingerprint density at radius 2 is 2.14 bits per heavy atom. The Bertz CT molecular complexity index is 648. The molecule has 0 fully saturated rings. The summed E-state index contributed by atoms with van der Waals surface area (Å²) in [5.41, 5.74) is 4.84. The van der Waals surface area contributed by atoms with E-state index in [9.17, 15) is 4.79 Å². The van der Waals surface area contributed by atoms with Crippen molar-refractivity contribution in [2.75, 3.05) is 13.6 Å². The zero-order chi connectivity index (χ0) is 16.1. The van der Waals surface area contributed by atoms with Crippen LogP contribution in [0, 0.1) is 13.8 Å². The zero-order valence-corrected chi connectivity index (χ0v) is 13.8. The van der Waals surface area contributed by atoms with Crippen molar-refractivity contribution in [1.82, 2.24) is 20.0 Å². The fraction of sp³-hybridized carbons (Fsp3) is 0.412. The molecular formula is C17H24N4O. The van der Waals surface area contributed by atoms with Gasteiger partial charge in [0, 0.05) is 32.4 Å². The second-order valence-electron chi connectivity index (χ2n) is 5.79. The van der Waals surface area contributed by atoms with E-state index in [0.29, 0.717) is 13.1 Å². The number of carbonyl (C=O) groups excluding carboxylic acids is 1. The summed E-state index contributed by atoms with van der Waals surface area (Å²) in [4.78, 5) is 13.7. The number of rotatable bonds is 5. The number of hydrogen-bond acceptors (Lipinski definition) is 2. The molecule has 0 saturated heterocycles. The SMILES string of the molecule is Cc1ccc(CCNC(=O)N(C)Cc2cnn(C)c2)c(C)c1. The van der Waals surface area contributed by atoms with E-state index >= 15 is 0 Å². The standard InChI is InChI=1S/C17H24N4O/c1-13-5-6-16(14(2)9-13)7-8-18-17(22)20(3)11-15-10-19-21(4)12-15/h5-6,9-10,12H,7-8,11H2,1-4H3,(H,18,22). The maximum absolute atomic E-state index is 12.1. The molecule has 0 saturated carbocycles. The van der Waals surface area contributed by atoms with Crippen LogP contribution in [0.5, 0.6) is 0 Å². The molecule has 0 aliphatic carbocycles. The van der Waals surface area contributed by atoms with Gasteiger partial charge >= 0.3 is 6.03 Å². The average Bonchev–Trinajstić information content (AvgIpc) is 2.86. The summed E-state index contributed by atoms with van der Waals surface area (Å²) >= 11 is 0. The first-order valence-corrected chi connectivity index (χ1v) is 7.48. The number of nitrogens with one attached hydrogen (secondary N) is 1. The van der Waals surface area contributed by atoms with E-state index in [-0.39, 0.29) is 6.03 Å². The van der Waals surface area contributed by atoms with Gasteiger partial charge in [-0.2, -0.15) is 5.10 Å². The van der Waals surface area contributed by atoms with Crippen LogP contribution in [0.4, 0.5) is 4.79 Å². The first kappa shape index (κ1) is 16.1. The summed E-state index contributed by atoms with van der Waals surface area (Å²) in [6, 6.07) is 6.36. The lowest BCUT2D eigenvalue weighted by Crippen LogP contribution is -2.37. The number of benzene rings is 1. The average molecular weight is 300 g/mol. The van der Waals surface area contributed by atoms with Gasteiger partial charge in [-0.3, -0.25) is 4.68 Å². The van der Waals surface area contributed by atoms with Crippen molar-refractivity contribution in [2.45, 2.75) is 26.8 Å². The Labute approximate surface area is 131 Å². The fourth-order valence-corrected chi connectivity index (χ4v) is 2.46. The number of carbonyl (C=O) groups is 1. The van der Waals surface area contributed by atoms with Crippen LogP contribution in [0.2, 0.25) is 0 Å². The molecule has 5 nitrogen and oxygen atoms in total. The predicted molar refractivity (Wildman–Crippen MR) is 87.7 cm³/mol. The predicted octanol–water partition coefficient (Wildman–Crippen LogP) is 2.42. The Balaban J connectivity index is 1.79. The number of urea groups is 1. The van der Waals surface area contributed by atoms with E-state index in [0.717, 1.165) is 12.0 Å². The lowest BCUT2D eigenvalue weighted by molar-refractivity contribution is 0.207. The van der Waals surface area contributed by atoms with Crippen molar-refractivity contribution in [2.24, 2.45) is 7.05 Å².